The average Bonchev–Trinajstić information content (AvgIpc) is 2.90. The summed E-state index contributed by atoms with van der Waals surface area (Å²) in [5, 5.41) is 12.6. The van der Waals surface area contributed by atoms with Crippen LogP contribution in [0.15, 0.2) is 115 Å². The number of hydrogen-bond donors (Lipinski definition) is 2. The van der Waals surface area contributed by atoms with Gasteiger partial charge in [0.2, 0.25) is 5.91 Å². The third kappa shape index (κ3) is 6.58. The molecule has 0 radical (unpaired) electrons. The van der Waals surface area contributed by atoms with Crippen molar-refractivity contribution in [3.63, 3.8) is 0 Å². The average molecular weight is 466 g/mol. The lowest BCUT2D eigenvalue weighted by Gasteiger charge is -2.21. The highest BCUT2D eigenvalue weighted by Gasteiger charge is 2.27. The molecule has 0 spiro atoms. The van der Waals surface area contributed by atoms with E-state index in [1.54, 1.807) is 0 Å². The molecule has 0 aromatic heterocycles. The zero-order valence-electron chi connectivity index (χ0n) is 19.2. The number of benzene rings is 4. The number of carboxylic acids is 1. The lowest BCUT2D eigenvalue weighted by molar-refractivity contribution is -0.141. The zero-order chi connectivity index (χ0) is 24.5. The van der Waals surface area contributed by atoms with E-state index in [4.69, 9.17) is 4.74 Å². The van der Waals surface area contributed by atoms with Gasteiger partial charge in [0, 0.05) is 6.42 Å². The zero-order valence-corrected chi connectivity index (χ0v) is 19.2. The maximum atomic E-state index is 13.3. The van der Waals surface area contributed by atoms with Gasteiger partial charge in [-0.05, 0) is 34.4 Å². The Balaban J connectivity index is 1.44. The number of aliphatic carboxylic acids is 1. The number of carbonyl (C=O) groups is 2. The molecule has 5 nitrogen and oxygen atoms in total. The third-order valence-corrected chi connectivity index (χ3v) is 5.75. The van der Waals surface area contributed by atoms with E-state index in [1.165, 1.54) is 0 Å². The van der Waals surface area contributed by atoms with E-state index >= 15 is 0 Å². The van der Waals surface area contributed by atoms with E-state index in [0.717, 1.165) is 22.3 Å². The Kier molecular flexibility index (Phi) is 7.92. The van der Waals surface area contributed by atoms with Crippen molar-refractivity contribution in [1.29, 1.82) is 0 Å². The van der Waals surface area contributed by atoms with Crippen LogP contribution in [0.5, 0.6) is 5.75 Å². The first kappa shape index (κ1) is 23.8. The predicted molar refractivity (Wildman–Crippen MR) is 135 cm³/mol. The number of carbonyl (C=O) groups excluding carboxylic acids is 1. The predicted octanol–water partition coefficient (Wildman–Crippen LogP) is 5.21. The van der Waals surface area contributed by atoms with Crippen molar-refractivity contribution in [2.75, 3.05) is 0 Å². The standard InChI is InChI=1S/C30H27NO4/c32-29(28(24-12-6-2-7-13-24)25-14-8-3-9-15-25)31-27(30(33)34)20-22-16-18-26(19-17-22)35-21-23-10-4-1-5-11-23/h1-19,27-28H,20-21H2,(H,31,32)(H,33,34). The topological polar surface area (TPSA) is 75.6 Å². The van der Waals surface area contributed by atoms with E-state index in [2.05, 4.69) is 5.32 Å². The molecule has 4 rings (SSSR count). The summed E-state index contributed by atoms with van der Waals surface area (Å²) in [6, 6.07) is 34.8. The summed E-state index contributed by atoms with van der Waals surface area (Å²) in [6.45, 7) is 0.453. The Morgan fingerprint density at radius 1 is 0.686 bits per heavy atom. The normalized spacial score (nSPS) is 11.6. The van der Waals surface area contributed by atoms with Crippen LogP contribution >= 0.6 is 0 Å². The highest BCUT2D eigenvalue weighted by atomic mass is 16.5. The van der Waals surface area contributed by atoms with Gasteiger partial charge in [-0.25, -0.2) is 4.79 Å². The van der Waals surface area contributed by atoms with Crippen molar-refractivity contribution in [1.82, 2.24) is 5.32 Å². The van der Waals surface area contributed by atoms with Crippen molar-refractivity contribution < 1.29 is 19.4 Å². The van der Waals surface area contributed by atoms with Gasteiger partial charge < -0.3 is 15.2 Å². The van der Waals surface area contributed by atoms with Gasteiger partial charge in [-0.15, -0.1) is 0 Å². The maximum absolute atomic E-state index is 13.3. The molecule has 0 aliphatic rings. The van der Waals surface area contributed by atoms with Gasteiger partial charge in [-0.2, -0.15) is 0 Å². The Bertz CT molecular complexity index is 1190. The van der Waals surface area contributed by atoms with Gasteiger partial charge in [0.05, 0.1) is 5.92 Å². The molecule has 0 aliphatic carbocycles. The molecule has 5 heteroatoms. The number of carboxylic acid groups (broad SMARTS) is 1. The van der Waals surface area contributed by atoms with Crippen LogP contribution in [0.3, 0.4) is 0 Å². The minimum Gasteiger partial charge on any atom is -0.489 e. The molecule has 1 atom stereocenters. The van der Waals surface area contributed by atoms with Crippen LogP contribution in [0.2, 0.25) is 0 Å². The van der Waals surface area contributed by atoms with Crippen molar-refractivity contribution in [2.45, 2.75) is 25.0 Å². The van der Waals surface area contributed by atoms with E-state index in [1.807, 2.05) is 115 Å². The lowest BCUT2D eigenvalue weighted by atomic mass is 9.90. The van der Waals surface area contributed by atoms with E-state index < -0.39 is 17.9 Å². The van der Waals surface area contributed by atoms with Crippen molar-refractivity contribution >= 4 is 11.9 Å². The first-order valence-corrected chi connectivity index (χ1v) is 11.5. The Labute approximate surface area is 205 Å². The third-order valence-electron chi connectivity index (χ3n) is 5.75. The van der Waals surface area contributed by atoms with Crippen LogP contribution in [0.25, 0.3) is 0 Å². The van der Waals surface area contributed by atoms with Crippen molar-refractivity contribution in [3.05, 3.63) is 138 Å². The minimum absolute atomic E-state index is 0.163. The van der Waals surface area contributed by atoms with Gasteiger partial charge in [0.15, 0.2) is 0 Å². The highest BCUT2D eigenvalue weighted by Crippen LogP contribution is 2.25. The molecule has 0 saturated carbocycles. The Morgan fingerprint density at radius 3 is 1.71 bits per heavy atom. The summed E-state index contributed by atoms with van der Waals surface area (Å²) in [7, 11) is 0. The molecule has 0 aliphatic heterocycles. The molecular formula is C30H27NO4. The molecule has 4 aromatic carbocycles. The molecule has 1 unspecified atom stereocenters. The van der Waals surface area contributed by atoms with Gasteiger partial charge in [-0.3, -0.25) is 4.79 Å². The van der Waals surface area contributed by atoms with Gasteiger partial charge >= 0.3 is 5.97 Å². The lowest BCUT2D eigenvalue weighted by Crippen LogP contribution is -2.44. The van der Waals surface area contributed by atoms with Crippen LogP contribution in [-0.4, -0.2) is 23.0 Å². The quantitative estimate of drug-likeness (QED) is 0.337. The number of amides is 1. The molecular weight excluding hydrogens is 438 g/mol. The molecule has 176 valence electrons. The van der Waals surface area contributed by atoms with Gasteiger partial charge in [-0.1, -0.05) is 103 Å². The van der Waals surface area contributed by atoms with Crippen LogP contribution in [0.4, 0.5) is 0 Å². The summed E-state index contributed by atoms with van der Waals surface area (Å²) < 4.78 is 5.81. The van der Waals surface area contributed by atoms with Crippen LogP contribution in [0, 0.1) is 0 Å². The molecule has 0 bridgehead atoms. The number of rotatable bonds is 10. The van der Waals surface area contributed by atoms with Crippen molar-refractivity contribution in [2.24, 2.45) is 0 Å². The largest absolute Gasteiger partial charge is 0.489 e. The van der Waals surface area contributed by atoms with E-state index in [-0.39, 0.29) is 12.3 Å². The summed E-state index contributed by atoms with van der Waals surface area (Å²) in [5.41, 5.74) is 3.47. The molecule has 0 heterocycles. The number of nitrogens with one attached hydrogen (secondary N) is 1. The minimum atomic E-state index is -1.08. The number of hydrogen-bond acceptors (Lipinski definition) is 3. The van der Waals surface area contributed by atoms with Gasteiger partial charge in [0.1, 0.15) is 18.4 Å². The summed E-state index contributed by atoms with van der Waals surface area (Å²) in [5.74, 6) is -1.34. The van der Waals surface area contributed by atoms with E-state index in [9.17, 15) is 14.7 Å². The fourth-order valence-corrected chi connectivity index (χ4v) is 3.94. The molecule has 0 saturated heterocycles. The smallest absolute Gasteiger partial charge is 0.326 e. The fraction of sp³-hybridized carbons (Fsp3) is 0.133. The highest BCUT2D eigenvalue weighted by molar-refractivity contribution is 5.90. The Morgan fingerprint density at radius 2 is 1.20 bits per heavy atom. The fourth-order valence-electron chi connectivity index (χ4n) is 3.94. The summed E-state index contributed by atoms with van der Waals surface area (Å²) in [6.07, 6.45) is 0.163. The monoisotopic (exact) mass is 465 g/mol. The van der Waals surface area contributed by atoms with Gasteiger partial charge in [0.25, 0.3) is 0 Å². The second-order valence-corrected chi connectivity index (χ2v) is 8.28. The van der Waals surface area contributed by atoms with E-state index in [0.29, 0.717) is 12.4 Å². The molecule has 0 fully saturated rings. The maximum Gasteiger partial charge on any atom is 0.326 e. The Hall–Kier alpha value is -4.38. The second kappa shape index (κ2) is 11.7. The molecule has 1 amide bonds. The van der Waals surface area contributed by atoms with Crippen molar-refractivity contribution in [3.8, 4) is 5.75 Å². The van der Waals surface area contributed by atoms with Crippen LogP contribution in [0.1, 0.15) is 28.2 Å². The van der Waals surface area contributed by atoms with Crippen LogP contribution < -0.4 is 10.1 Å². The van der Waals surface area contributed by atoms with Crippen LogP contribution in [-0.2, 0) is 22.6 Å². The molecule has 35 heavy (non-hydrogen) atoms. The number of ether oxygens (including phenoxy) is 1. The SMILES string of the molecule is O=C(O)C(Cc1ccc(OCc2ccccc2)cc1)NC(=O)C(c1ccccc1)c1ccccc1. The summed E-state index contributed by atoms with van der Waals surface area (Å²) >= 11 is 0. The summed E-state index contributed by atoms with van der Waals surface area (Å²) in [4.78, 5) is 25.4. The first-order valence-electron chi connectivity index (χ1n) is 11.5. The second-order valence-electron chi connectivity index (χ2n) is 8.28. The molecule has 2 N–H and O–H groups in total. The molecule has 4 aromatic rings. The first-order chi connectivity index (χ1) is 17.1.